The lowest BCUT2D eigenvalue weighted by Crippen LogP contribution is -2.12. The third kappa shape index (κ3) is 3.66. The minimum Gasteiger partial charge on any atom is -0.484 e. The summed E-state index contributed by atoms with van der Waals surface area (Å²) in [7, 11) is 0. The van der Waals surface area contributed by atoms with Crippen molar-refractivity contribution in [3.63, 3.8) is 0 Å². The van der Waals surface area contributed by atoms with Crippen molar-refractivity contribution in [1.29, 1.82) is 0 Å². The molecule has 21 heavy (non-hydrogen) atoms. The molecule has 0 bridgehead atoms. The van der Waals surface area contributed by atoms with Crippen LogP contribution in [0.2, 0.25) is 0 Å². The number of halogens is 1. The van der Waals surface area contributed by atoms with Crippen LogP contribution < -0.4 is 4.74 Å². The molecule has 0 fully saturated rings. The van der Waals surface area contributed by atoms with Crippen molar-refractivity contribution in [2.24, 2.45) is 0 Å². The largest absolute Gasteiger partial charge is 0.484 e. The van der Waals surface area contributed by atoms with Crippen LogP contribution in [0.4, 0.5) is 5.69 Å². The average molecular weight is 350 g/mol. The fourth-order valence-corrected chi connectivity index (χ4v) is 2.24. The predicted octanol–water partition coefficient (Wildman–Crippen LogP) is 3.93. The lowest BCUT2D eigenvalue weighted by atomic mass is 10.1. The molecule has 0 aliphatic carbocycles. The van der Waals surface area contributed by atoms with E-state index in [2.05, 4.69) is 15.9 Å². The Bertz CT molecular complexity index is 683. The van der Waals surface area contributed by atoms with E-state index < -0.39 is 4.92 Å². The Morgan fingerprint density at radius 1 is 1.24 bits per heavy atom. The molecule has 0 aromatic heterocycles. The molecular weight excluding hydrogens is 338 g/mol. The molecule has 0 aliphatic heterocycles. The number of rotatable bonds is 5. The summed E-state index contributed by atoms with van der Waals surface area (Å²) < 4.78 is 5.60. The number of nitro groups is 1. The molecule has 2 rings (SSSR count). The summed E-state index contributed by atoms with van der Waals surface area (Å²) in [5, 5.41) is 10.8. The second-order valence-corrected chi connectivity index (χ2v) is 5.22. The Morgan fingerprint density at radius 2 is 1.90 bits per heavy atom. The minimum absolute atomic E-state index is 0.102. The molecule has 0 atom stereocenters. The number of benzene rings is 2. The summed E-state index contributed by atoms with van der Waals surface area (Å²) in [5.41, 5.74) is 1.51. The van der Waals surface area contributed by atoms with E-state index in [1.165, 1.54) is 12.1 Å². The molecule has 0 radical (unpaired) electrons. The highest BCUT2D eigenvalue weighted by molar-refractivity contribution is 9.10. The maximum Gasteiger partial charge on any atom is 0.287 e. The number of ketones is 1. The van der Waals surface area contributed by atoms with Crippen LogP contribution in [0.5, 0.6) is 5.75 Å². The lowest BCUT2D eigenvalue weighted by Gasteiger charge is -2.08. The van der Waals surface area contributed by atoms with Gasteiger partial charge in [-0.2, -0.15) is 0 Å². The number of hydrogen-bond acceptors (Lipinski definition) is 4. The number of ether oxygens (including phenoxy) is 1. The predicted molar refractivity (Wildman–Crippen MR) is 81.8 cm³/mol. The van der Waals surface area contributed by atoms with Crippen molar-refractivity contribution < 1.29 is 14.5 Å². The van der Waals surface area contributed by atoms with Gasteiger partial charge in [-0.25, -0.2) is 0 Å². The molecule has 2 aromatic carbocycles. The molecular formula is C15H12BrNO4. The quantitative estimate of drug-likeness (QED) is 0.465. The molecule has 0 heterocycles. The van der Waals surface area contributed by atoms with Gasteiger partial charge in [-0.15, -0.1) is 0 Å². The summed E-state index contributed by atoms with van der Waals surface area (Å²) >= 11 is 3.12. The van der Waals surface area contributed by atoms with Crippen molar-refractivity contribution >= 4 is 27.4 Å². The third-order valence-electron chi connectivity index (χ3n) is 2.87. The van der Waals surface area contributed by atoms with Gasteiger partial charge in [0.1, 0.15) is 10.2 Å². The van der Waals surface area contributed by atoms with E-state index in [0.29, 0.717) is 5.56 Å². The van der Waals surface area contributed by atoms with Crippen molar-refractivity contribution in [3.8, 4) is 5.75 Å². The number of carbonyl (C=O) groups is 1. The molecule has 0 unspecified atom stereocenters. The van der Waals surface area contributed by atoms with Crippen molar-refractivity contribution in [2.75, 3.05) is 6.61 Å². The second kappa shape index (κ2) is 6.49. The van der Waals surface area contributed by atoms with Gasteiger partial charge in [-0.3, -0.25) is 14.9 Å². The van der Waals surface area contributed by atoms with E-state index in [1.54, 1.807) is 18.2 Å². The van der Waals surface area contributed by atoms with E-state index >= 15 is 0 Å². The van der Waals surface area contributed by atoms with Crippen LogP contribution in [-0.2, 0) is 0 Å². The van der Waals surface area contributed by atoms with Gasteiger partial charge in [0.25, 0.3) is 5.69 Å². The highest BCUT2D eigenvalue weighted by atomic mass is 79.9. The molecule has 0 N–H and O–H groups in total. The Hall–Kier alpha value is -2.21. The van der Waals surface area contributed by atoms with Gasteiger partial charge in [0.05, 0.1) is 4.92 Å². The molecule has 5 nitrogen and oxygen atoms in total. The Morgan fingerprint density at radius 3 is 2.52 bits per heavy atom. The highest BCUT2D eigenvalue weighted by Gasteiger charge is 2.16. The van der Waals surface area contributed by atoms with E-state index in [0.717, 1.165) is 5.56 Å². The van der Waals surface area contributed by atoms with Gasteiger partial charge >= 0.3 is 0 Å². The SMILES string of the molecule is Cc1ccc(C(=O)COc2cccc([N+](=O)[O-])c2Br)cc1. The Kier molecular flexibility index (Phi) is 4.70. The smallest absolute Gasteiger partial charge is 0.287 e. The Balaban J connectivity index is 2.10. The maximum atomic E-state index is 12.0. The standard InChI is InChI=1S/C15H12BrNO4/c1-10-5-7-11(8-6-10)13(18)9-21-14-4-2-3-12(15(14)16)17(19)20/h2-8H,9H2,1H3. The van der Waals surface area contributed by atoms with Crippen molar-refractivity contribution in [3.05, 3.63) is 68.2 Å². The Labute approximate surface area is 129 Å². The van der Waals surface area contributed by atoms with E-state index in [4.69, 9.17) is 4.74 Å². The molecule has 0 saturated heterocycles. The number of hydrogen-bond donors (Lipinski definition) is 0. The van der Waals surface area contributed by atoms with Gasteiger partial charge in [0.15, 0.2) is 12.4 Å². The number of Topliss-reactive ketones (excluding diaryl/α,β-unsaturated/α-hetero) is 1. The first-order valence-electron chi connectivity index (χ1n) is 6.14. The average Bonchev–Trinajstić information content (AvgIpc) is 2.46. The lowest BCUT2D eigenvalue weighted by molar-refractivity contribution is -0.385. The van der Waals surface area contributed by atoms with Gasteiger partial charge in [-0.1, -0.05) is 35.9 Å². The zero-order valence-corrected chi connectivity index (χ0v) is 12.8. The summed E-state index contributed by atoms with van der Waals surface area (Å²) in [6.45, 7) is 1.76. The van der Waals surface area contributed by atoms with Gasteiger partial charge in [0, 0.05) is 11.6 Å². The summed E-state index contributed by atoms with van der Waals surface area (Å²) in [4.78, 5) is 22.3. The number of nitro benzene ring substituents is 1. The topological polar surface area (TPSA) is 69.4 Å². The normalized spacial score (nSPS) is 10.2. The van der Waals surface area contributed by atoms with E-state index in [1.807, 2.05) is 19.1 Å². The zero-order chi connectivity index (χ0) is 15.4. The number of nitrogens with zero attached hydrogens (tertiary/aromatic N) is 1. The summed E-state index contributed by atoms with van der Waals surface area (Å²) in [6, 6.07) is 11.6. The summed E-state index contributed by atoms with van der Waals surface area (Å²) in [6.07, 6.45) is 0. The first kappa shape index (κ1) is 15.2. The van der Waals surface area contributed by atoms with E-state index in [9.17, 15) is 14.9 Å². The summed E-state index contributed by atoms with van der Waals surface area (Å²) in [5.74, 6) is 0.0815. The van der Waals surface area contributed by atoms with Crippen LogP contribution in [0.15, 0.2) is 46.9 Å². The fraction of sp³-hybridized carbons (Fsp3) is 0.133. The molecule has 0 amide bonds. The molecule has 0 aliphatic rings. The van der Waals surface area contributed by atoms with Crippen LogP contribution in [0.25, 0.3) is 0 Å². The number of aryl methyl sites for hydroxylation is 1. The fourth-order valence-electron chi connectivity index (χ4n) is 1.72. The molecule has 0 saturated carbocycles. The first-order valence-corrected chi connectivity index (χ1v) is 6.94. The first-order chi connectivity index (χ1) is 9.99. The van der Waals surface area contributed by atoms with E-state index in [-0.39, 0.29) is 28.3 Å². The molecule has 6 heteroatoms. The van der Waals surface area contributed by atoms with Crippen LogP contribution in [-0.4, -0.2) is 17.3 Å². The molecule has 108 valence electrons. The zero-order valence-electron chi connectivity index (χ0n) is 11.2. The van der Waals surface area contributed by atoms with Gasteiger partial charge < -0.3 is 4.74 Å². The van der Waals surface area contributed by atoms with Crippen molar-refractivity contribution in [1.82, 2.24) is 0 Å². The van der Waals surface area contributed by atoms with Crippen LogP contribution in [0, 0.1) is 17.0 Å². The molecule has 2 aromatic rings. The monoisotopic (exact) mass is 349 g/mol. The third-order valence-corrected chi connectivity index (χ3v) is 3.67. The van der Waals surface area contributed by atoms with Gasteiger partial charge in [0.2, 0.25) is 0 Å². The van der Waals surface area contributed by atoms with Crippen LogP contribution in [0.1, 0.15) is 15.9 Å². The number of carbonyl (C=O) groups excluding carboxylic acids is 1. The van der Waals surface area contributed by atoms with Crippen LogP contribution >= 0.6 is 15.9 Å². The minimum atomic E-state index is -0.515. The van der Waals surface area contributed by atoms with Gasteiger partial charge in [-0.05, 0) is 28.9 Å². The molecule has 0 spiro atoms. The van der Waals surface area contributed by atoms with Crippen molar-refractivity contribution in [2.45, 2.75) is 6.92 Å². The highest BCUT2D eigenvalue weighted by Crippen LogP contribution is 2.33. The maximum absolute atomic E-state index is 12.0. The van der Waals surface area contributed by atoms with Crippen LogP contribution in [0.3, 0.4) is 0 Å². The second-order valence-electron chi connectivity index (χ2n) is 4.42.